The maximum Gasteiger partial charge on any atom is 0.263 e. The van der Waals surface area contributed by atoms with Crippen molar-refractivity contribution in [1.29, 1.82) is 0 Å². The Labute approximate surface area is 184 Å². The molecule has 0 bridgehead atoms. The zero-order valence-corrected chi connectivity index (χ0v) is 18.0. The van der Waals surface area contributed by atoms with E-state index in [2.05, 4.69) is 20.4 Å². The number of anilines is 1. The predicted octanol–water partition coefficient (Wildman–Crippen LogP) is 3.66. The van der Waals surface area contributed by atoms with E-state index in [9.17, 15) is 9.59 Å². The molecule has 9 heteroatoms. The second-order valence-electron chi connectivity index (χ2n) is 7.61. The van der Waals surface area contributed by atoms with Crippen molar-refractivity contribution in [3.05, 3.63) is 76.4 Å². The van der Waals surface area contributed by atoms with E-state index in [1.54, 1.807) is 24.3 Å². The summed E-state index contributed by atoms with van der Waals surface area (Å²) in [6.45, 7) is 5.63. The van der Waals surface area contributed by atoms with Crippen LogP contribution in [0.1, 0.15) is 31.0 Å². The molecule has 0 saturated heterocycles. The van der Waals surface area contributed by atoms with Gasteiger partial charge in [-0.15, -0.1) is 0 Å². The molecule has 0 aliphatic heterocycles. The molecule has 1 amide bonds. The third kappa shape index (κ3) is 4.77. The van der Waals surface area contributed by atoms with Crippen molar-refractivity contribution < 1.29 is 13.9 Å². The molecule has 0 radical (unpaired) electrons. The van der Waals surface area contributed by atoms with Gasteiger partial charge in [-0.05, 0) is 42.7 Å². The number of hydrogen-bond donors (Lipinski definition) is 2. The average molecular weight is 433 g/mol. The van der Waals surface area contributed by atoms with Crippen molar-refractivity contribution in [3.63, 3.8) is 0 Å². The molecule has 0 aliphatic rings. The first-order valence-electron chi connectivity index (χ1n) is 10.1. The normalized spacial score (nSPS) is 11.0. The Morgan fingerprint density at radius 2 is 2.06 bits per heavy atom. The summed E-state index contributed by atoms with van der Waals surface area (Å²) in [5.74, 6) is 1.27. The Hall–Kier alpha value is -4.14. The van der Waals surface area contributed by atoms with E-state index in [1.807, 2.05) is 39.0 Å². The number of nitrogens with zero attached hydrogens (tertiary/aromatic N) is 3. The van der Waals surface area contributed by atoms with Gasteiger partial charge in [-0.25, -0.2) is 4.98 Å². The third-order valence-electron chi connectivity index (χ3n) is 4.65. The number of ether oxygens (including phenoxy) is 1. The van der Waals surface area contributed by atoms with Crippen molar-refractivity contribution >= 4 is 11.7 Å². The lowest BCUT2D eigenvalue weighted by Gasteiger charge is -2.11. The average Bonchev–Trinajstić information content (AvgIpc) is 3.42. The molecule has 2 N–H and O–H groups in total. The van der Waals surface area contributed by atoms with Crippen LogP contribution in [0.25, 0.3) is 17.4 Å². The summed E-state index contributed by atoms with van der Waals surface area (Å²) < 4.78 is 12.4. The molecule has 0 saturated carbocycles. The molecule has 0 spiro atoms. The molecule has 3 aromatic heterocycles. The number of hydrogen-bond acceptors (Lipinski definition) is 6. The number of carbonyl (C=O) groups excluding carboxylic acids is 1. The number of aromatic nitrogens is 4. The lowest BCUT2D eigenvalue weighted by atomic mass is 10.1. The number of aryl methyl sites for hydroxylation is 1. The summed E-state index contributed by atoms with van der Waals surface area (Å²) in [6, 6.07) is 14.0. The maximum absolute atomic E-state index is 12.6. The Balaban J connectivity index is 1.63. The first kappa shape index (κ1) is 21.1. The van der Waals surface area contributed by atoms with Gasteiger partial charge in [-0.3, -0.25) is 14.6 Å². The van der Waals surface area contributed by atoms with E-state index in [0.717, 1.165) is 5.56 Å². The van der Waals surface area contributed by atoms with Gasteiger partial charge < -0.3 is 14.5 Å². The minimum absolute atomic E-state index is 0.0388. The Morgan fingerprint density at radius 1 is 1.22 bits per heavy atom. The van der Waals surface area contributed by atoms with Gasteiger partial charge in [0.05, 0.1) is 12.0 Å². The zero-order valence-electron chi connectivity index (χ0n) is 18.0. The van der Waals surface area contributed by atoms with E-state index in [-0.39, 0.29) is 29.9 Å². The predicted molar refractivity (Wildman–Crippen MR) is 119 cm³/mol. The molecule has 32 heavy (non-hydrogen) atoms. The molecular formula is C23H23N5O4. The summed E-state index contributed by atoms with van der Waals surface area (Å²) in [5, 5.41) is 7.26. The summed E-state index contributed by atoms with van der Waals surface area (Å²) in [5.41, 5.74) is 1.80. The van der Waals surface area contributed by atoms with Crippen LogP contribution in [0.15, 0.2) is 64.0 Å². The van der Waals surface area contributed by atoms with Gasteiger partial charge in [0.15, 0.2) is 12.4 Å². The minimum atomic E-state index is -0.388. The minimum Gasteiger partial charge on any atom is -0.484 e. The van der Waals surface area contributed by atoms with Gasteiger partial charge in [-0.2, -0.15) is 9.78 Å². The van der Waals surface area contributed by atoms with E-state index >= 15 is 0 Å². The first-order valence-corrected chi connectivity index (χ1v) is 10.1. The van der Waals surface area contributed by atoms with E-state index < -0.39 is 0 Å². The first-order chi connectivity index (χ1) is 15.4. The third-order valence-corrected chi connectivity index (χ3v) is 4.65. The van der Waals surface area contributed by atoms with Gasteiger partial charge in [-0.1, -0.05) is 26.0 Å². The summed E-state index contributed by atoms with van der Waals surface area (Å²) in [6.07, 6.45) is 1.53. The van der Waals surface area contributed by atoms with Crippen molar-refractivity contribution in [2.24, 2.45) is 0 Å². The van der Waals surface area contributed by atoms with Gasteiger partial charge in [0.1, 0.15) is 17.3 Å². The fourth-order valence-electron chi connectivity index (χ4n) is 3.07. The molecule has 0 atom stereocenters. The van der Waals surface area contributed by atoms with E-state index in [4.69, 9.17) is 9.15 Å². The van der Waals surface area contributed by atoms with E-state index in [0.29, 0.717) is 28.7 Å². The molecule has 0 fully saturated rings. The highest BCUT2D eigenvalue weighted by atomic mass is 16.5. The lowest BCUT2D eigenvalue weighted by Crippen LogP contribution is -2.23. The second kappa shape index (κ2) is 8.93. The smallest absolute Gasteiger partial charge is 0.263 e. The van der Waals surface area contributed by atoms with Crippen LogP contribution in [0.2, 0.25) is 0 Å². The van der Waals surface area contributed by atoms with Crippen LogP contribution in [-0.4, -0.2) is 32.3 Å². The quantitative estimate of drug-likeness (QED) is 0.460. The second-order valence-corrected chi connectivity index (χ2v) is 7.61. The van der Waals surface area contributed by atoms with Gasteiger partial charge >= 0.3 is 0 Å². The van der Waals surface area contributed by atoms with Crippen LogP contribution in [0.5, 0.6) is 5.75 Å². The summed E-state index contributed by atoms with van der Waals surface area (Å²) >= 11 is 0. The highest BCUT2D eigenvalue weighted by Gasteiger charge is 2.18. The maximum atomic E-state index is 12.6. The van der Waals surface area contributed by atoms with Gasteiger partial charge in [0.25, 0.3) is 11.5 Å². The van der Waals surface area contributed by atoms with E-state index in [1.165, 1.54) is 17.0 Å². The number of carbonyl (C=O) groups is 1. The van der Waals surface area contributed by atoms with Crippen molar-refractivity contribution in [2.75, 3.05) is 11.9 Å². The standard InChI is InChI=1S/C23H23N5O4/c1-14(2)17-12-21(29)26-23(24-17)28-20(11-18(27-28)19-8-5-9-31-19)25-22(30)13-32-16-7-4-6-15(3)10-16/h4-12,14H,13H2,1-3H3,(H,25,30)(H,24,26,29). The van der Waals surface area contributed by atoms with Crippen LogP contribution in [0, 0.1) is 6.92 Å². The molecule has 1 aromatic carbocycles. The molecule has 3 heterocycles. The number of nitrogens with one attached hydrogen (secondary N) is 2. The Bertz CT molecular complexity index is 1290. The van der Waals surface area contributed by atoms with Crippen molar-refractivity contribution in [1.82, 2.24) is 19.7 Å². The molecule has 9 nitrogen and oxygen atoms in total. The molecule has 4 rings (SSSR count). The summed E-state index contributed by atoms with van der Waals surface area (Å²) in [4.78, 5) is 32.0. The number of aromatic amines is 1. The largest absolute Gasteiger partial charge is 0.484 e. The van der Waals surface area contributed by atoms with Crippen LogP contribution in [0.4, 0.5) is 5.82 Å². The highest BCUT2D eigenvalue weighted by Crippen LogP contribution is 2.24. The molecule has 164 valence electrons. The fourth-order valence-corrected chi connectivity index (χ4v) is 3.07. The monoisotopic (exact) mass is 433 g/mol. The van der Waals surface area contributed by atoms with Crippen LogP contribution < -0.4 is 15.6 Å². The number of furan rings is 1. The molecule has 4 aromatic rings. The van der Waals surface area contributed by atoms with Gasteiger partial charge in [0, 0.05) is 12.1 Å². The Morgan fingerprint density at radius 3 is 2.78 bits per heavy atom. The number of rotatable bonds is 7. The fraction of sp³-hybridized carbons (Fsp3) is 0.217. The number of amides is 1. The highest BCUT2D eigenvalue weighted by molar-refractivity contribution is 5.91. The van der Waals surface area contributed by atoms with Crippen molar-refractivity contribution in [2.45, 2.75) is 26.7 Å². The van der Waals surface area contributed by atoms with Crippen LogP contribution >= 0.6 is 0 Å². The lowest BCUT2D eigenvalue weighted by molar-refractivity contribution is -0.118. The molecule has 0 aliphatic carbocycles. The number of H-pyrrole nitrogens is 1. The number of benzene rings is 1. The van der Waals surface area contributed by atoms with Crippen LogP contribution in [-0.2, 0) is 4.79 Å². The van der Waals surface area contributed by atoms with Crippen LogP contribution in [0.3, 0.4) is 0 Å². The van der Waals surface area contributed by atoms with Crippen molar-refractivity contribution in [3.8, 4) is 23.2 Å². The topological polar surface area (TPSA) is 115 Å². The molecule has 0 unspecified atom stereocenters. The summed E-state index contributed by atoms with van der Waals surface area (Å²) in [7, 11) is 0. The SMILES string of the molecule is Cc1cccc(OCC(=O)Nc2cc(-c3ccco3)nn2-c2nc(C(C)C)cc(=O)[nH]2)c1. The Kier molecular flexibility index (Phi) is 5.89. The zero-order chi connectivity index (χ0) is 22.7. The van der Waals surface area contributed by atoms with Gasteiger partial charge in [0.2, 0.25) is 5.95 Å². The molecular weight excluding hydrogens is 410 g/mol.